The zero-order valence-corrected chi connectivity index (χ0v) is 32.2. The van der Waals surface area contributed by atoms with Gasteiger partial charge in [-0.1, -0.05) is 59.5 Å². The fraction of sp³-hybridized carbons (Fsp3) is 0.444. The number of primary amides is 1. The van der Waals surface area contributed by atoms with Crippen molar-refractivity contribution in [3.05, 3.63) is 72.6 Å². The van der Waals surface area contributed by atoms with Crippen LogP contribution in [-0.2, 0) is 43.7 Å². The molecule has 4 aromatic rings. The number of rotatable bonds is 14. The van der Waals surface area contributed by atoms with E-state index < -0.39 is 31.7 Å². The van der Waals surface area contributed by atoms with Gasteiger partial charge in [0.25, 0.3) is 0 Å². The number of nitrogens with two attached hydrogens (primary N) is 2. The van der Waals surface area contributed by atoms with Gasteiger partial charge in [0.2, 0.25) is 0 Å². The van der Waals surface area contributed by atoms with Crippen molar-refractivity contribution in [2.24, 2.45) is 17.6 Å². The lowest BCUT2D eigenvalue weighted by Crippen LogP contribution is -2.41. The molecule has 5 N–H and O–H groups in total. The van der Waals surface area contributed by atoms with Gasteiger partial charge >= 0.3 is 23.6 Å². The Hall–Kier alpha value is -5.22. The van der Waals surface area contributed by atoms with Gasteiger partial charge in [-0.25, -0.2) is 9.67 Å². The van der Waals surface area contributed by atoms with Crippen LogP contribution in [-0.4, -0.2) is 85.9 Å². The quantitative estimate of drug-likeness (QED) is 0.0969. The van der Waals surface area contributed by atoms with Crippen molar-refractivity contribution >= 4 is 54.1 Å². The van der Waals surface area contributed by atoms with Gasteiger partial charge in [0.1, 0.15) is 12.5 Å². The van der Waals surface area contributed by atoms with Gasteiger partial charge in [-0.05, 0) is 42.1 Å². The summed E-state index contributed by atoms with van der Waals surface area (Å²) in [6, 6.07) is 12.0. The topological polar surface area (TPSA) is 205 Å². The predicted molar refractivity (Wildman–Crippen MR) is 203 cm³/mol. The van der Waals surface area contributed by atoms with E-state index in [0.717, 1.165) is 11.7 Å². The molecule has 4 heterocycles. The second-order valence-corrected chi connectivity index (χ2v) is 20.1. The lowest BCUT2D eigenvalue weighted by molar-refractivity contribution is -0.145. The van der Waals surface area contributed by atoms with E-state index in [-0.39, 0.29) is 30.9 Å². The highest BCUT2D eigenvalue weighted by molar-refractivity contribution is 6.76. The van der Waals surface area contributed by atoms with Crippen molar-refractivity contribution in [3.8, 4) is 0 Å². The SMILES string of the molecule is CC(C)CN(Cc1ccccn1)C(=O)C(=O)Nc1cnc(N)c2cnn(COCC[Si](C)(C)C)c12.CC(C)CN(Cc1ccccn1)C(=O)C(N)=O. The Morgan fingerprint density at radius 1 is 0.846 bits per heavy atom. The van der Waals surface area contributed by atoms with Crippen LogP contribution in [0.25, 0.3) is 10.9 Å². The average molecular weight is 733 g/mol. The van der Waals surface area contributed by atoms with E-state index in [1.807, 2.05) is 58.0 Å². The summed E-state index contributed by atoms with van der Waals surface area (Å²) in [5.74, 6) is -2.27. The second kappa shape index (κ2) is 19.4. The van der Waals surface area contributed by atoms with Gasteiger partial charge < -0.3 is 31.3 Å². The number of amides is 4. The van der Waals surface area contributed by atoms with Crippen LogP contribution in [0.2, 0.25) is 25.7 Å². The summed E-state index contributed by atoms with van der Waals surface area (Å²) in [6.45, 7) is 17.1. The largest absolute Gasteiger partial charge is 0.383 e. The molecule has 0 unspecified atom stereocenters. The third-order valence-electron chi connectivity index (χ3n) is 7.47. The van der Waals surface area contributed by atoms with Crippen molar-refractivity contribution in [3.63, 3.8) is 0 Å². The summed E-state index contributed by atoms with van der Waals surface area (Å²) >= 11 is 0. The maximum absolute atomic E-state index is 13.1. The predicted octanol–water partition coefficient (Wildman–Crippen LogP) is 3.90. The number of nitrogens with zero attached hydrogens (tertiary/aromatic N) is 7. The third kappa shape index (κ3) is 13.2. The van der Waals surface area contributed by atoms with Gasteiger partial charge in [-0.15, -0.1) is 0 Å². The lowest BCUT2D eigenvalue weighted by atomic mass is 10.2. The molecule has 0 saturated heterocycles. The number of pyridine rings is 3. The van der Waals surface area contributed by atoms with E-state index in [9.17, 15) is 19.2 Å². The van der Waals surface area contributed by atoms with E-state index in [0.29, 0.717) is 48.5 Å². The van der Waals surface area contributed by atoms with Crippen molar-refractivity contribution in [1.82, 2.24) is 34.5 Å². The molecule has 0 atom stereocenters. The van der Waals surface area contributed by atoms with Crippen LogP contribution in [0.4, 0.5) is 11.5 Å². The molecular weight excluding hydrogens is 681 g/mol. The highest BCUT2D eigenvalue weighted by atomic mass is 28.3. The zero-order valence-electron chi connectivity index (χ0n) is 31.2. The minimum atomic E-state index is -1.23. The first-order valence-electron chi connectivity index (χ1n) is 17.2. The Kier molecular flexibility index (Phi) is 15.4. The summed E-state index contributed by atoms with van der Waals surface area (Å²) in [6.07, 6.45) is 6.34. The maximum Gasteiger partial charge on any atom is 0.314 e. The maximum atomic E-state index is 13.1. The number of nitrogens with one attached hydrogen (secondary N) is 1. The normalized spacial score (nSPS) is 11.2. The number of anilines is 2. The molecule has 0 aliphatic rings. The van der Waals surface area contributed by atoms with Crippen molar-refractivity contribution in [2.75, 3.05) is 30.7 Å². The standard InChI is InChI=1S/C24H35N7O3Si.C12H17N3O2/c1-17(2)14-30(15-18-8-6-7-9-26-18)24(33)23(32)29-20-13-27-22(25)19-12-28-31(21(19)20)16-34-10-11-35(3,4)5;1-9(2)7-15(12(17)11(13)16)8-10-5-3-4-6-14-10/h6-9,12-13,17H,10-11,14-16H2,1-5H3,(H2,25,27)(H,29,32);3-6,9H,7-8H2,1-2H3,(H2,13,16). The number of ether oxygens (including phenoxy) is 1. The van der Waals surface area contributed by atoms with E-state index in [2.05, 4.69) is 45.0 Å². The Morgan fingerprint density at radius 2 is 1.40 bits per heavy atom. The zero-order chi connectivity index (χ0) is 38.4. The van der Waals surface area contributed by atoms with E-state index >= 15 is 0 Å². The summed E-state index contributed by atoms with van der Waals surface area (Å²) in [5.41, 5.74) is 13.4. The number of aromatic nitrogens is 5. The molecule has 0 radical (unpaired) electrons. The number of carbonyl (C=O) groups is 4. The molecule has 0 aliphatic heterocycles. The first-order valence-corrected chi connectivity index (χ1v) is 20.9. The Balaban J connectivity index is 0.000000359. The molecular formula is C36H52N10O5Si. The summed E-state index contributed by atoms with van der Waals surface area (Å²) in [5, 5.41) is 7.66. The van der Waals surface area contributed by atoms with Gasteiger partial charge in [0.15, 0.2) is 0 Å². The van der Waals surface area contributed by atoms with Gasteiger partial charge in [-0.2, -0.15) is 5.10 Å². The van der Waals surface area contributed by atoms with Gasteiger partial charge in [0.05, 0.1) is 53.5 Å². The molecule has 280 valence electrons. The van der Waals surface area contributed by atoms with E-state index in [4.69, 9.17) is 16.2 Å². The fourth-order valence-electron chi connectivity index (χ4n) is 5.01. The first kappa shape index (κ1) is 41.2. The summed E-state index contributed by atoms with van der Waals surface area (Å²) in [4.78, 5) is 64.2. The van der Waals surface area contributed by atoms with Crippen LogP contribution in [0.5, 0.6) is 0 Å². The highest BCUT2D eigenvalue weighted by Crippen LogP contribution is 2.27. The molecule has 52 heavy (non-hydrogen) atoms. The molecule has 0 aromatic carbocycles. The van der Waals surface area contributed by atoms with Crippen LogP contribution in [0.15, 0.2) is 61.2 Å². The molecule has 0 aliphatic carbocycles. The lowest BCUT2D eigenvalue weighted by Gasteiger charge is -2.23. The first-order chi connectivity index (χ1) is 24.6. The summed E-state index contributed by atoms with van der Waals surface area (Å²) in [7, 11) is -1.23. The molecule has 0 spiro atoms. The summed E-state index contributed by atoms with van der Waals surface area (Å²) < 4.78 is 7.46. The van der Waals surface area contributed by atoms with Crippen LogP contribution in [0.3, 0.4) is 0 Å². The molecule has 0 bridgehead atoms. The van der Waals surface area contributed by atoms with Crippen LogP contribution in [0.1, 0.15) is 39.1 Å². The van der Waals surface area contributed by atoms with Crippen LogP contribution >= 0.6 is 0 Å². The average Bonchev–Trinajstić information content (AvgIpc) is 3.52. The number of carbonyl (C=O) groups excluding carboxylic acids is 4. The monoisotopic (exact) mass is 732 g/mol. The molecule has 4 rings (SSSR count). The van der Waals surface area contributed by atoms with Crippen LogP contribution in [0, 0.1) is 11.8 Å². The number of nitrogen functional groups attached to an aromatic ring is 1. The molecule has 0 fully saturated rings. The molecule has 4 aromatic heterocycles. The Bertz CT molecular complexity index is 1780. The Morgan fingerprint density at radius 3 is 1.88 bits per heavy atom. The van der Waals surface area contributed by atoms with E-state index in [1.165, 1.54) is 16.0 Å². The van der Waals surface area contributed by atoms with Crippen molar-refractivity contribution in [2.45, 2.75) is 73.2 Å². The third-order valence-corrected chi connectivity index (χ3v) is 9.17. The molecule has 0 saturated carbocycles. The number of fused-ring (bicyclic) bond motifs is 1. The van der Waals surface area contributed by atoms with E-state index in [1.54, 1.807) is 29.3 Å². The smallest absolute Gasteiger partial charge is 0.314 e. The molecule has 15 nitrogen and oxygen atoms in total. The van der Waals surface area contributed by atoms with Crippen molar-refractivity contribution < 1.29 is 23.9 Å². The van der Waals surface area contributed by atoms with Gasteiger partial charge in [-0.3, -0.25) is 29.1 Å². The Labute approximate surface area is 306 Å². The minimum Gasteiger partial charge on any atom is -0.383 e. The highest BCUT2D eigenvalue weighted by Gasteiger charge is 2.25. The molecule has 4 amide bonds. The second-order valence-electron chi connectivity index (χ2n) is 14.4. The number of hydrogen-bond acceptors (Lipinski definition) is 10. The number of hydrogen-bond donors (Lipinski definition) is 3. The van der Waals surface area contributed by atoms with Crippen molar-refractivity contribution in [1.29, 1.82) is 0 Å². The van der Waals surface area contributed by atoms with Gasteiger partial charge in [0, 0.05) is 40.2 Å². The fourth-order valence-corrected chi connectivity index (χ4v) is 5.77. The van der Waals surface area contributed by atoms with Crippen LogP contribution < -0.4 is 16.8 Å². The molecule has 16 heteroatoms. The minimum absolute atomic E-state index is 0.176.